The predicted octanol–water partition coefficient (Wildman–Crippen LogP) is 3.29. The fourth-order valence-electron chi connectivity index (χ4n) is 1.89. The van der Waals surface area contributed by atoms with E-state index in [0.29, 0.717) is 24.2 Å². The average molecular weight is 274 g/mol. The van der Waals surface area contributed by atoms with Gasteiger partial charge in [-0.25, -0.2) is 0 Å². The molecule has 1 aromatic rings. The summed E-state index contributed by atoms with van der Waals surface area (Å²) in [5, 5.41) is 12.1. The van der Waals surface area contributed by atoms with Crippen LogP contribution in [0.3, 0.4) is 0 Å². The van der Waals surface area contributed by atoms with E-state index in [1.165, 1.54) is 0 Å². The average Bonchev–Trinajstić information content (AvgIpc) is 2.44. The summed E-state index contributed by atoms with van der Waals surface area (Å²) in [6.07, 6.45) is 1.21. The van der Waals surface area contributed by atoms with E-state index in [1.54, 1.807) is 18.2 Å². The van der Waals surface area contributed by atoms with Crippen molar-refractivity contribution < 1.29 is 9.53 Å². The Labute approximate surface area is 120 Å². The number of ether oxygens (including phenoxy) is 1. The molecule has 1 aromatic carbocycles. The molecule has 0 bridgehead atoms. The molecule has 0 aliphatic rings. The predicted molar refractivity (Wildman–Crippen MR) is 78.6 cm³/mol. The second-order valence-corrected chi connectivity index (χ2v) is 5.05. The van der Waals surface area contributed by atoms with Gasteiger partial charge in [0.05, 0.1) is 12.2 Å². The third-order valence-electron chi connectivity index (χ3n) is 3.24. The maximum absolute atomic E-state index is 12.3. The van der Waals surface area contributed by atoms with Crippen LogP contribution >= 0.6 is 0 Å². The summed E-state index contributed by atoms with van der Waals surface area (Å²) in [6.45, 7) is 7.65. The maximum Gasteiger partial charge on any atom is 0.252 e. The molecule has 0 heterocycles. The van der Waals surface area contributed by atoms with Gasteiger partial charge in [0, 0.05) is 5.56 Å². The molecule has 4 heteroatoms. The summed E-state index contributed by atoms with van der Waals surface area (Å²) in [4.78, 5) is 12.3. The molecule has 1 rings (SSSR count). The van der Waals surface area contributed by atoms with Crippen molar-refractivity contribution in [3.8, 4) is 11.8 Å². The number of rotatable bonds is 6. The van der Waals surface area contributed by atoms with Gasteiger partial charge in [-0.1, -0.05) is 19.9 Å². The van der Waals surface area contributed by atoms with Crippen molar-refractivity contribution >= 4 is 5.91 Å². The van der Waals surface area contributed by atoms with Crippen molar-refractivity contribution in [1.29, 1.82) is 5.26 Å². The zero-order valence-electron chi connectivity index (χ0n) is 12.6. The van der Waals surface area contributed by atoms with Crippen molar-refractivity contribution in [2.45, 2.75) is 52.2 Å². The summed E-state index contributed by atoms with van der Waals surface area (Å²) in [5.41, 5.74) is -0.295. The van der Waals surface area contributed by atoms with Crippen LogP contribution in [0.5, 0.6) is 5.75 Å². The van der Waals surface area contributed by atoms with Crippen LogP contribution in [0.2, 0.25) is 0 Å². The van der Waals surface area contributed by atoms with Crippen molar-refractivity contribution in [2.24, 2.45) is 0 Å². The first-order chi connectivity index (χ1) is 9.46. The fraction of sp³-hybridized carbons (Fsp3) is 0.500. The van der Waals surface area contributed by atoms with Crippen LogP contribution in [0.25, 0.3) is 0 Å². The van der Waals surface area contributed by atoms with Gasteiger partial charge in [-0.05, 0) is 44.9 Å². The molecule has 0 saturated carbocycles. The second kappa shape index (κ2) is 6.95. The molecule has 0 radical (unpaired) electrons. The number of hydrogen-bond acceptors (Lipinski definition) is 3. The van der Waals surface area contributed by atoms with Crippen molar-refractivity contribution in [1.82, 2.24) is 5.32 Å². The molecular formula is C16H22N2O2. The molecule has 0 saturated heterocycles. The van der Waals surface area contributed by atoms with Crippen molar-refractivity contribution in [3.63, 3.8) is 0 Å². The summed E-state index contributed by atoms with van der Waals surface area (Å²) in [5.74, 6) is 0.410. The summed E-state index contributed by atoms with van der Waals surface area (Å²) in [7, 11) is 0. The molecule has 0 spiro atoms. The van der Waals surface area contributed by atoms with Crippen LogP contribution in [0.1, 0.15) is 50.9 Å². The van der Waals surface area contributed by atoms with E-state index in [2.05, 4.69) is 11.4 Å². The smallest absolute Gasteiger partial charge is 0.252 e. The molecule has 0 fully saturated rings. The van der Waals surface area contributed by atoms with E-state index < -0.39 is 5.54 Å². The lowest BCUT2D eigenvalue weighted by Crippen LogP contribution is -2.46. The van der Waals surface area contributed by atoms with Gasteiger partial charge >= 0.3 is 0 Å². The molecule has 1 amide bonds. The first-order valence-electron chi connectivity index (χ1n) is 6.96. The molecular weight excluding hydrogens is 252 g/mol. The molecule has 0 aliphatic heterocycles. The molecule has 4 nitrogen and oxygen atoms in total. The highest BCUT2D eigenvalue weighted by Crippen LogP contribution is 2.18. The van der Waals surface area contributed by atoms with Gasteiger partial charge in [0.1, 0.15) is 11.3 Å². The lowest BCUT2D eigenvalue weighted by atomic mass is 9.94. The Morgan fingerprint density at radius 3 is 2.55 bits per heavy atom. The highest BCUT2D eigenvalue weighted by molar-refractivity contribution is 5.95. The largest absolute Gasteiger partial charge is 0.491 e. The van der Waals surface area contributed by atoms with E-state index in [4.69, 9.17) is 4.74 Å². The lowest BCUT2D eigenvalue weighted by molar-refractivity contribution is 0.0915. The molecule has 0 aromatic heterocycles. The molecule has 1 N–H and O–H groups in total. The first kappa shape index (κ1) is 16.0. The summed E-state index contributed by atoms with van der Waals surface area (Å²) in [6, 6.07) is 9.20. The number of nitrogens with one attached hydrogen (secondary N) is 1. The number of benzene rings is 1. The second-order valence-electron chi connectivity index (χ2n) is 5.05. The number of carbonyl (C=O) groups excluding carboxylic acids is 1. The van der Waals surface area contributed by atoms with E-state index in [9.17, 15) is 10.1 Å². The Morgan fingerprint density at radius 2 is 2.05 bits per heavy atom. The van der Waals surface area contributed by atoms with Crippen molar-refractivity contribution in [3.05, 3.63) is 29.8 Å². The number of nitrogens with zero attached hydrogens (tertiary/aromatic N) is 1. The van der Waals surface area contributed by atoms with Gasteiger partial charge in [0.25, 0.3) is 5.91 Å². The number of amides is 1. The van der Waals surface area contributed by atoms with Crippen LogP contribution in [0.15, 0.2) is 24.3 Å². The van der Waals surface area contributed by atoms with Crippen LogP contribution in [0, 0.1) is 11.3 Å². The van der Waals surface area contributed by atoms with E-state index in [-0.39, 0.29) is 12.0 Å². The minimum Gasteiger partial charge on any atom is -0.491 e. The first-order valence-corrected chi connectivity index (χ1v) is 6.96. The zero-order valence-corrected chi connectivity index (χ0v) is 12.6. The Balaban J connectivity index is 2.90. The number of carbonyl (C=O) groups is 1. The molecule has 0 atom stereocenters. The highest BCUT2D eigenvalue weighted by Gasteiger charge is 2.28. The van der Waals surface area contributed by atoms with Gasteiger partial charge in [-0.2, -0.15) is 5.26 Å². The fourth-order valence-corrected chi connectivity index (χ4v) is 1.89. The van der Waals surface area contributed by atoms with E-state index in [0.717, 1.165) is 0 Å². The van der Waals surface area contributed by atoms with Crippen LogP contribution in [0.4, 0.5) is 0 Å². The monoisotopic (exact) mass is 274 g/mol. The van der Waals surface area contributed by atoms with Crippen LogP contribution in [-0.4, -0.2) is 17.6 Å². The lowest BCUT2D eigenvalue weighted by Gasteiger charge is -2.25. The normalized spacial score (nSPS) is 11.0. The maximum atomic E-state index is 12.3. The van der Waals surface area contributed by atoms with Crippen LogP contribution < -0.4 is 10.1 Å². The minimum absolute atomic E-state index is 0.0535. The molecule has 0 unspecified atom stereocenters. The Kier molecular flexibility index (Phi) is 5.57. The topological polar surface area (TPSA) is 62.1 Å². The third kappa shape index (κ3) is 3.99. The third-order valence-corrected chi connectivity index (χ3v) is 3.24. The van der Waals surface area contributed by atoms with Gasteiger partial charge in [0.15, 0.2) is 0 Å². The number of hydrogen-bond donors (Lipinski definition) is 1. The summed E-state index contributed by atoms with van der Waals surface area (Å²) < 4.78 is 5.57. The Hall–Kier alpha value is -2.02. The molecule has 0 aliphatic carbocycles. The van der Waals surface area contributed by atoms with E-state index >= 15 is 0 Å². The Morgan fingerprint density at radius 1 is 1.40 bits per heavy atom. The molecule has 20 heavy (non-hydrogen) atoms. The van der Waals surface area contributed by atoms with Gasteiger partial charge < -0.3 is 10.1 Å². The minimum atomic E-state index is -0.800. The standard InChI is InChI=1S/C16H22N2O2/c1-5-16(6-2,11-17)18-15(19)13-8-7-9-14(10-13)20-12(3)4/h7-10,12H,5-6H2,1-4H3,(H,18,19). The van der Waals surface area contributed by atoms with Gasteiger partial charge in [-0.3, -0.25) is 4.79 Å². The highest BCUT2D eigenvalue weighted by atomic mass is 16.5. The Bertz CT molecular complexity index is 499. The summed E-state index contributed by atoms with van der Waals surface area (Å²) >= 11 is 0. The van der Waals surface area contributed by atoms with Gasteiger partial charge in [0.2, 0.25) is 0 Å². The van der Waals surface area contributed by atoms with Gasteiger partial charge in [-0.15, -0.1) is 0 Å². The van der Waals surface area contributed by atoms with Crippen LogP contribution in [-0.2, 0) is 0 Å². The number of nitriles is 1. The SMILES string of the molecule is CCC(C#N)(CC)NC(=O)c1cccc(OC(C)C)c1. The molecule has 108 valence electrons. The zero-order chi connectivity index (χ0) is 15.2. The van der Waals surface area contributed by atoms with E-state index in [1.807, 2.05) is 33.8 Å². The quantitative estimate of drug-likeness (QED) is 0.865. The van der Waals surface area contributed by atoms with Crippen molar-refractivity contribution in [2.75, 3.05) is 0 Å².